The lowest BCUT2D eigenvalue weighted by Gasteiger charge is -2.35. The van der Waals surface area contributed by atoms with Gasteiger partial charge in [0.15, 0.2) is 21.4 Å². The van der Waals surface area contributed by atoms with Gasteiger partial charge in [0.05, 0.1) is 23.3 Å². The van der Waals surface area contributed by atoms with Crippen molar-refractivity contribution in [3.8, 4) is 5.75 Å². The van der Waals surface area contributed by atoms with Crippen LogP contribution in [0.5, 0.6) is 5.75 Å². The Balaban J connectivity index is 1.23. The first-order chi connectivity index (χ1) is 18.7. The number of sulfone groups is 1. The smallest absolute Gasteiger partial charge is 0.253 e. The van der Waals surface area contributed by atoms with Gasteiger partial charge in [-0.05, 0) is 60.0 Å². The molecule has 1 aromatic heterocycles. The van der Waals surface area contributed by atoms with Crippen molar-refractivity contribution in [2.45, 2.75) is 24.1 Å². The summed E-state index contributed by atoms with van der Waals surface area (Å²) in [5, 5.41) is 0.771. The number of halogens is 1. The van der Waals surface area contributed by atoms with Crippen molar-refractivity contribution in [3.05, 3.63) is 101 Å². The summed E-state index contributed by atoms with van der Waals surface area (Å²) in [4.78, 5) is 21.7. The minimum atomic E-state index is -3.65. The number of ether oxygens (including phenoxy) is 1. The van der Waals surface area contributed by atoms with Crippen LogP contribution in [0.15, 0.2) is 77.8 Å². The van der Waals surface area contributed by atoms with Crippen LogP contribution in [-0.4, -0.2) is 62.4 Å². The van der Waals surface area contributed by atoms with E-state index in [9.17, 15) is 17.6 Å². The van der Waals surface area contributed by atoms with Gasteiger partial charge in [-0.3, -0.25) is 14.7 Å². The van der Waals surface area contributed by atoms with E-state index in [0.29, 0.717) is 49.4 Å². The molecule has 1 aliphatic heterocycles. The van der Waals surface area contributed by atoms with Gasteiger partial charge in [-0.15, -0.1) is 0 Å². The van der Waals surface area contributed by atoms with Crippen LogP contribution in [0.25, 0.3) is 10.9 Å². The molecular weight excluding hydrogens is 517 g/mol. The van der Waals surface area contributed by atoms with E-state index in [1.807, 2.05) is 25.1 Å². The first-order valence-corrected chi connectivity index (χ1v) is 14.4. The summed E-state index contributed by atoms with van der Waals surface area (Å²) in [6.45, 7) is 4.88. The topological polar surface area (TPSA) is 79.8 Å². The fraction of sp³-hybridized carbons (Fsp3) is 0.267. The highest BCUT2D eigenvalue weighted by Gasteiger charge is 2.24. The van der Waals surface area contributed by atoms with E-state index in [1.165, 1.54) is 13.2 Å². The number of pyridine rings is 1. The molecule has 0 bridgehead atoms. The highest BCUT2D eigenvalue weighted by atomic mass is 32.2. The van der Waals surface area contributed by atoms with Crippen LogP contribution in [-0.2, 0) is 22.1 Å². The number of aryl methyl sites for hydroxylation is 1. The number of methoxy groups -OCH3 is 1. The Morgan fingerprint density at radius 3 is 2.49 bits per heavy atom. The highest BCUT2D eigenvalue weighted by Crippen LogP contribution is 2.26. The lowest BCUT2D eigenvalue weighted by Crippen LogP contribution is -2.48. The molecule has 1 aliphatic rings. The summed E-state index contributed by atoms with van der Waals surface area (Å²) in [7, 11) is -2.21. The fourth-order valence-corrected chi connectivity index (χ4v) is 6.60. The Kier molecular flexibility index (Phi) is 7.63. The van der Waals surface area contributed by atoms with Crippen LogP contribution < -0.4 is 4.74 Å². The molecule has 9 heteroatoms. The molecule has 1 fully saturated rings. The molecule has 1 amide bonds. The molecule has 0 unspecified atom stereocenters. The number of rotatable bonds is 7. The van der Waals surface area contributed by atoms with Crippen molar-refractivity contribution in [1.82, 2.24) is 14.8 Å². The molecule has 4 aromatic rings. The Morgan fingerprint density at radius 2 is 1.77 bits per heavy atom. The van der Waals surface area contributed by atoms with E-state index in [1.54, 1.807) is 53.6 Å². The van der Waals surface area contributed by atoms with Crippen LogP contribution in [0, 0.1) is 12.7 Å². The minimum absolute atomic E-state index is 0.0825. The number of fused-ring (bicyclic) bond motifs is 1. The largest absolute Gasteiger partial charge is 0.494 e. The van der Waals surface area contributed by atoms with Gasteiger partial charge in [0, 0.05) is 49.9 Å². The van der Waals surface area contributed by atoms with Crippen LogP contribution in [0.1, 0.15) is 27.0 Å². The second-order valence-corrected chi connectivity index (χ2v) is 11.7. The van der Waals surface area contributed by atoms with Gasteiger partial charge < -0.3 is 9.64 Å². The molecule has 0 spiro atoms. The number of amides is 1. The maximum Gasteiger partial charge on any atom is 0.253 e. The van der Waals surface area contributed by atoms with Crippen LogP contribution in [0.4, 0.5) is 4.39 Å². The number of hydrogen-bond acceptors (Lipinski definition) is 6. The van der Waals surface area contributed by atoms with E-state index < -0.39 is 9.84 Å². The number of piperazine rings is 1. The molecular formula is C30H30FN3O4S. The quantitative estimate of drug-likeness (QED) is 0.336. The van der Waals surface area contributed by atoms with Crippen molar-refractivity contribution in [2.75, 3.05) is 33.3 Å². The number of para-hydroxylation sites is 1. The number of carbonyl (C=O) groups is 1. The summed E-state index contributed by atoms with van der Waals surface area (Å²) in [5.74, 6) is -0.420. The van der Waals surface area contributed by atoms with Crippen molar-refractivity contribution < 1.29 is 22.3 Å². The molecule has 1 saturated heterocycles. The normalized spacial score (nSPS) is 14.5. The first kappa shape index (κ1) is 26.8. The molecule has 0 atom stereocenters. The lowest BCUT2D eigenvalue weighted by molar-refractivity contribution is 0.0628. The van der Waals surface area contributed by atoms with Crippen molar-refractivity contribution in [2.24, 2.45) is 0 Å². The molecule has 0 aliphatic carbocycles. The molecule has 0 N–H and O–H groups in total. The van der Waals surface area contributed by atoms with Gasteiger partial charge in [0.1, 0.15) is 0 Å². The van der Waals surface area contributed by atoms with Gasteiger partial charge in [0.25, 0.3) is 5.91 Å². The lowest BCUT2D eigenvalue weighted by atomic mass is 10.1. The van der Waals surface area contributed by atoms with E-state index in [-0.39, 0.29) is 28.1 Å². The average molecular weight is 548 g/mol. The second-order valence-electron chi connectivity index (χ2n) is 9.77. The zero-order chi connectivity index (χ0) is 27.6. The first-order valence-electron chi connectivity index (χ1n) is 12.8. The van der Waals surface area contributed by atoms with E-state index in [4.69, 9.17) is 4.74 Å². The minimum Gasteiger partial charge on any atom is -0.494 e. The van der Waals surface area contributed by atoms with Gasteiger partial charge in [-0.2, -0.15) is 0 Å². The van der Waals surface area contributed by atoms with Crippen LogP contribution in [0.3, 0.4) is 0 Å². The maximum absolute atomic E-state index is 14.0. The monoisotopic (exact) mass is 547 g/mol. The molecule has 0 saturated carbocycles. The summed E-state index contributed by atoms with van der Waals surface area (Å²) in [6, 6.07) is 18.9. The third-order valence-electron chi connectivity index (χ3n) is 7.15. The number of aromatic nitrogens is 1. The molecule has 2 heterocycles. The number of hydrogen-bond donors (Lipinski definition) is 0. The second kappa shape index (κ2) is 11.1. The van der Waals surface area contributed by atoms with Crippen LogP contribution >= 0.6 is 0 Å². The molecule has 7 nitrogen and oxygen atoms in total. The van der Waals surface area contributed by atoms with Gasteiger partial charge in [-0.1, -0.05) is 30.3 Å². The van der Waals surface area contributed by atoms with E-state index in [2.05, 4.69) is 9.88 Å². The summed E-state index contributed by atoms with van der Waals surface area (Å²) in [5.41, 5.74) is 3.24. The van der Waals surface area contributed by atoms with Crippen LogP contribution in [0.2, 0.25) is 0 Å². The SMILES string of the molecule is COc1ccc(CN2CCN(C(=O)c3ccc(CS(=O)(=O)c4cccc5cccnc45)c(C)c3)CC2)cc1F. The average Bonchev–Trinajstić information content (AvgIpc) is 2.94. The summed E-state index contributed by atoms with van der Waals surface area (Å²) < 4.78 is 45.6. The summed E-state index contributed by atoms with van der Waals surface area (Å²) >= 11 is 0. The van der Waals surface area contributed by atoms with Gasteiger partial charge in [0.2, 0.25) is 0 Å². The highest BCUT2D eigenvalue weighted by molar-refractivity contribution is 7.90. The number of nitrogens with zero attached hydrogens (tertiary/aromatic N) is 3. The Hall–Kier alpha value is -3.82. The predicted octanol–water partition coefficient (Wildman–Crippen LogP) is 4.62. The third kappa shape index (κ3) is 5.79. The van der Waals surface area contributed by atoms with E-state index >= 15 is 0 Å². The molecule has 3 aromatic carbocycles. The van der Waals surface area contributed by atoms with E-state index in [0.717, 1.165) is 16.5 Å². The Labute approximate surface area is 227 Å². The van der Waals surface area contributed by atoms with Gasteiger partial charge >= 0.3 is 0 Å². The molecule has 39 heavy (non-hydrogen) atoms. The van der Waals surface area contributed by atoms with Crippen molar-refractivity contribution >= 4 is 26.6 Å². The molecule has 0 radical (unpaired) electrons. The third-order valence-corrected chi connectivity index (χ3v) is 8.84. The van der Waals surface area contributed by atoms with Gasteiger partial charge in [-0.25, -0.2) is 12.8 Å². The standard InChI is InChI=1S/C30H30FN3O4S/c1-21-17-24(9-10-25(21)20-39(36,37)28-7-3-5-23-6-4-12-32-29(23)28)30(35)34-15-13-33(14-16-34)19-22-8-11-27(38-2)26(31)18-22/h3-12,17-18H,13-16,19-20H2,1-2H3. The van der Waals surface area contributed by atoms with Crippen molar-refractivity contribution in [3.63, 3.8) is 0 Å². The Morgan fingerprint density at radius 1 is 1.00 bits per heavy atom. The molecule has 202 valence electrons. The molecule has 5 rings (SSSR count). The zero-order valence-corrected chi connectivity index (χ0v) is 22.7. The van der Waals surface area contributed by atoms with Crippen molar-refractivity contribution in [1.29, 1.82) is 0 Å². The Bertz CT molecular complexity index is 1630. The maximum atomic E-state index is 14.0. The summed E-state index contributed by atoms with van der Waals surface area (Å²) in [6.07, 6.45) is 1.59. The number of benzene rings is 3. The predicted molar refractivity (Wildman–Crippen MR) is 148 cm³/mol. The zero-order valence-electron chi connectivity index (χ0n) is 21.9. The number of carbonyl (C=O) groups excluding carboxylic acids is 1. The fourth-order valence-electron chi connectivity index (χ4n) is 4.96.